The topological polar surface area (TPSA) is 64.8 Å². The highest BCUT2D eigenvalue weighted by molar-refractivity contribution is 5.50. The molecule has 138 valence electrons. The van der Waals surface area contributed by atoms with Gasteiger partial charge in [0.2, 0.25) is 0 Å². The first kappa shape index (κ1) is 18.4. The van der Waals surface area contributed by atoms with Gasteiger partial charge < -0.3 is 9.47 Å². The van der Waals surface area contributed by atoms with Crippen molar-refractivity contribution < 1.29 is 14.4 Å². The molecule has 0 saturated heterocycles. The Morgan fingerprint density at radius 1 is 1.19 bits per heavy atom. The van der Waals surface area contributed by atoms with E-state index in [0.29, 0.717) is 24.8 Å². The monoisotopic (exact) mass is 356 g/mol. The zero-order chi connectivity index (χ0) is 18.7. The maximum absolute atomic E-state index is 11.2. The van der Waals surface area contributed by atoms with Crippen LogP contribution >= 0.6 is 0 Å². The molecule has 6 heteroatoms. The molecule has 0 unspecified atom stereocenters. The van der Waals surface area contributed by atoms with Crippen LogP contribution in [0.25, 0.3) is 0 Å². The summed E-state index contributed by atoms with van der Waals surface area (Å²) in [5.74, 6) is 1.22. The van der Waals surface area contributed by atoms with Crippen molar-refractivity contribution in [2.45, 2.75) is 39.5 Å². The molecular formula is C20H24N2O4. The smallest absolute Gasteiger partial charge is 0.270 e. The minimum absolute atomic E-state index is 0.0718. The third-order valence-corrected chi connectivity index (χ3v) is 4.52. The highest BCUT2D eigenvalue weighted by atomic mass is 16.7. The van der Waals surface area contributed by atoms with Crippen molar-refractivity contribution in [3.05, 3.63) is 68.8 Å². The number of nitrogens with zero attached hydrogens (tertiary/aromatic N) is 2. The fourth-order valence-electron chi connectivity index (χ4n) is 3.17. The van der Waals surface area contributed by atoms with Gasteiger partial charge in [0.15, 0.2) is 6.79 Å². The van der Waals surface area contributed by atoms with Crippen LogP contribution in [-0.2, 0) is 24.4 Å². The van der Waals surface area contributed by atoms with Crippen molar-refractivity contribution in [1.82, 2.24) is 4.90 Å². The van der Waals surface area contributed by atoms with Gasteiger partial charge in [-0.2, -0.15) is 0 Å². The minimum Gasteiger partial charge on any atom is -0.467 e. The number of ether oxygens (including phenoxy) is 2. The van der Waals surface area contributed by atoms with E-state index in [0.717, 1.165) is 17.7 Å². The molecule has 3 rings (SSSR count). The van der Waals surface area contributed by atoms with E-state index >= 15 is 0 Å². The average Bonchev–Trinajstić information content (AvgIpc) is 2.62. The second kappa shape index (κ2) is 7.85. The fourth-order valence-corrected chi connectivity index (χ4v) is 3.17. The summed E-state index contributed by atoms with van der Waals surface area (Å²) in [6.45, 7) is 6.19. The Kier molecular flexibility index (Phi) is 5.54. The maximum Gasteiger partial charge on any atom is 0.270 e. The lowest BCUT2D eigenvalue weighted by Crippen LogP contribution is -2.20. The molecule has 1 aliphatic heterocycles. The van der Waals surface area contributed by atoms with Crippen LogP contribution in [0.3, 0.4) is 0 Å². The molecule has 0 amide bonds. The molecule has 2 aromatic rings. The van der Waals surface area contributed by atoms with Gasteiger partial charge in [0.05, 0.1) is 11.5 Å². The van der Waals surface area contributed by atoms with Gasteiger partial charge in [0, 0.05) is 36.3 Å². The molecule has 0 aliphatic carbocycles. The van der Waals surface area contributed by atoms with Gasteiger partial charge in [0.25, 0.3) is 5.69 Å². The Hall–Kier alpha value is -2.44. The molecule has 6 nitrogen and oxygen atoms in total. The predicted octanol–water partition coefficient (Wildman–Crippen LogP) is 4.22. The van der Waals surface area contributed by atoms with Crippen LogP contribution in [0, 0.1) is 10.1 Å². The van der Waals surface area contributed by atoms with E-state index in [1.165, 1.54) is 17.2 Å². The van der Waals surface area contributed by atoms with Crippen molar-refractivity contribution in [1.29, 1.82) is 0 Å². The second-order valence-electron chi connectivity index (χ2n) is 7.03. The zero-order valence-corrected chi connectivity index (χ0v) is 15.4. The predicted molar refractivity (Wildman–Crippen MR) is 99.1 cm³/mol. The van der Waals surface area contributed by atoms with Crippen molar-refractivity contribution in [3.63, 3.8) is 0 Å². The van der Waals surface area contributed by atoms with Crippen LogP contribution < -0.4 is 4.74 Å². The zero-order valence-electron chi connectivity index (χ0n) is 15.4. The van der Waals surface area contributed by atoms with Gasteiger partial charge in [-0.25, -0.2) is 0 Å². The molecule has 0 fully saturated rings. The number of nitro benzene ring substituents is 1. The maximum atomic E-state index is 11.2. The van der Waals surface area contributed by atoms with Crippen LogP contribution in [0.15, 0.2) is 36.4 Å². The highest BCUT2D eigenvalue weighted by Gasteiger charge is 2.21. The summed E-state index contributed by atoms with van der Waals surface area (Å²) >= 11 is 0. The van der Waals surface area contributed by atoms with E-state index in [2.05, 4.69) is 43.0 Å². The normalized spacial score (nSPS) is 13.6. The molecule has 0 saturated carbocycles. The summed E-state index contributed by atoms with van der Waals surface area (Å²) in [5, 5.41) is 11.2. The Morgan fingerprint density at radius 3 is 2.58 bits per heavy atom. The molecule has 0 atom stereocenters. The van der Waals surface area contributed by atoms with Crippen LogP contribution in [0.5, 0.6) is 5.75 Å². The molecule has 0 radical (unpaired) electrons. The third kappa shape index (κ3) is 4.20. The summed E-state index contributed by atoms with van der Waals surface area (Å²) in [4.78, 5) is 13.0. The summed E-state index contributed by atoms with van der Waals surface area (Å²) < 4.78 is 10.9. The summed E-state index contributed by atoms with van der Waals surface area (Å²) in [7, 11) is 2.00. The van der Waals surface area contributed by atoms with Gasteiger partial charge in [-0.1, -0.05) is 38.1 Å². The second-order valence-corrected chi connectivity index (χ2v) is 7.03. The molecule has 2 aromatic carbocycles. The van der Waals surface area contributed by atoms with Crippen molar-refractivity contribution >= 4 is 5.69 Å². The summed E-state index contributed by atoms with van der Waals surface area (Å²) in [6, 6.07) is 11.7. The number of hydrogen-bond acceptors (Lipinski definition) is 5. The van der Waals surface area contributed by atoms with E-state index < -0.39 is 0 Å². The molecule has 0 bridgehead atoms. The molecule has 1 aliphatic rings. The van der Waals surface area contributed by atoms with Gasteiger partial charge in [0.1, 0.15) is 5.75 Å². The van der Waals surface area contributed by atoms with Crippen LogP contribution in [0.1, 0.15) is 42.0 Å². The minimum atomic E-state index is -0.372. The number of benzene rings is 2. The number of non-ortho nitro benzene ring substituents is 1. The van der Waals surface area contributed by atoms with Crippen molar-refractivity contribution in [2.75, 3.05) is 13.8 Å². The number of fused-ring (bicyclic) bond motifs is 1. The van der Waals surface area contributed by atoms with Gasteiger partial charge >= 0.3 is 0 Å². The van der Waals surface area contributed by atoms with Crippen molar-refractivity contribution in [3.8, 4) is 5.75 Å². The van der Waals surface area contributed by atoms with Gasteiger partial charge in [-0.05, 0) is 24.1 Å². The standard InChI is InChI=1S/C20H24N2O4/c1-14(2)16-6-4-15(5-7-16)10-21(3)11-17-8-19(22(23)24)9-18-12-25-13-26-20(17)18/h4-9,14H,10-13H2,1-3H3. The highest BCUT2D eigenvalue weighted by Crippen LogP contribution is 2.33. The summed E-state index contributed by atoms with van der Waals surface area (Å²) in [5.41, 5.74) is 4.15. The quantitative estimate of drug-likeness (QED) is 0.573. The first-order valence-corrected chi connectivity index (χ1v) is 8.72. The molecule has 26 heavy (non-hydrogen) atoms. The third-order valence-electron chi connectivity index (χ3n) is 4.52. The van der Waals surface area contributed by atoms with E-state index in [1.54, 1.807) is 6.07 Å². The molecule has 0 N–H and O–H groups in total. The SMILES string of the molecule is CC(C)c1ccc(CN(C)Cc2cc([N+](=O)[O-])cc3c2OCOC3)cc1. The Bertz CT molecular complexity index is 787. The van der Waals surface area contributed by atoms with E-state index in [1.807, 2.05) is 7.05 Å². The van der Waals surface area contributed by atoms with Gasteiger partial charge in [-0.15, -0.1) is 0 Å². The number of nitro groups is 1. The number of hydrogen-bond donors (Lipinski definition) is 0. The van der Waals surface area contributed by atoms with Crippen LogP contribution in [0.4, 0.5) is 5.69 Å². The first-order valence-electron chi connectivity index (χ1n) is 8.72. The largest absolute Gasteiger partial charge is 0.467 e. The molecule has 1 heterocycles. The van der Waals surface area contributed by atoms with E-state index in [-0.39, 0.29) is 17.4 Å². The molecule has 0 aromatic heterocycles. The van der Waals surface area contributed by atoms with Crippen LogP contribution in [0.2, 0.25) is 0 Å². The Morgan fingerprint density at radius 2 is 1.92 bits per heavy atom. The summed E-state index contributed by atoms with van der Waals surface area (Å²) in [6.07, 6.45) is 0. The van der Waals surface area contributed by atoms with Crippen molar-refractivity contribution in [2.24, 2.45) is 0 Å². The fraction of sp³-hybridized carbons (Fsp3) is 0.400. The van der Waals surface area contributed by atoms with E-state index in [9.17, 15) is 10.1 Å². The van der Waals surface area contributed by atoms with Gasteiger partial charge in [-0.3, -0.25) is 15.0 Å². The molecule has 0 spiro atoms. The molecular weight excluding hydrogens is 332 g/mol. The average molecular weight is 356 g/mol. The Labute approximate surface area is 153 Å². The lowest BCUT2D eigenvalue weighted by molar-refractivity contribution is -0.385. The lowest BCUT2D eigenvalue weighted by Gasteiger charge is -2.23. The number of rotatable bonds is 6. The lowest BCUT2D eigenvalue weighted by atomic mass is 10.0. The first-order chi connectivity index (χ1) is 12.4. The Balaban J connectivity index is 1.77. The van der Waals surface area contributed by atoms with E-state index in [4.69, 9.17) is 9.47 Å². The van der Waals surface area contributed by atoms with Crippen LogP contribution in [-0.4, -0.2) is 23.7 Å².